The first kappa shape index (κ1) is 16.9. The summed E-state index contributed by atoms with van der Waals surface area (Å²) in [6.07, 6.45) is 6.28. The summed E-state index contributed by atoms with van der Waals surface area (Å²) in [5, 5.41) is 0. The van der Waals surface area contributed by atoms with Gasteiger partial charge in [-0.2, -0.15) is 0 Å². The number of likely N-dealkylation sites (tertiary alicyclic amines) is 1. The molecular formula is C17H28BrN3. The highest BCUT2D eigenvalue weighted by Gasteiger charge is 2.34. The van der Waals surface area contributed by atoms with Crippen molar-refractivity contribution in [2.75, 3.05) is 13.1 Å². The van der Waals surface area contributed by atoms with Crippen molar-refractivity contribution in [2.45, 2.75) is 57.5 Å². The molecule has 0 aliphatic carbocycles. The van der Waals surface area contributed by atoms with Gasteiger partial charge in [0.15, 0.2) is 0 Å². The van der Waals surface area contributed by atoms with Gasteiger partial charge in [0.2, 0.25) is 0 Å². The lowest BCUT2D eigenvalue weighted by atomic mass is 9.87. The minimum Gasteiger partial charge on any atom is -0.297 e. The maximum absolute atomic E-state index is 5.90. The molecule has 0 saturated carbocycles. The van der Waals surface area contributed by atoms with E-state index in [1.54, 1.807) is 0 Å². The minimum absolute atomic E-state index is 0.0617. The Bertz CT molecular complexity index is 422. The maximum atomic E-state index is 5.90. The van der Waals surface area contributed by atoms with Crippen molar-refractivity contribution in [1.82, 2.24) is 10.3 Å². The summed E-state index contributed by atoms with van der Waals surface area (Å²) >= 11 is 3.49. The van der Waals surface area contributed by atoms with Crippen LogP contribution < -0.4 is 11.3 Å². The van der Waals surface area contributed by atoms with Gasteiger partial charge < -0.3 is 0 Å². The molecular weight excluding hydrogens is 326 g/mol. The van der Waals surface area contributed by atoms with E-state index in [1.165, 1.54) is 44.3 Å². The van der Waals surface area contributed by atoms with Crippen LogP contribution in [0.25, 0.3) is 0 Å². The van der Waals surface area contributed by atoms with Crippen molar-refractivity contribution in [3.05, 3.63) is 34.3 Å². The Morgan fingerprint density at radius 1 is 1.14 bits per heavy atom. The van der Waals surface area contributed by atoms with Crippen molar-refractivity contribution >= 4 is 15.9 Å². The maximum Gasteiger partial charge on any atom is 0.0429 e. The Morgan fingerprint density at radius 3 is 2.24 bits per heavy atom. The zero-order valence-electron chi connectivity index (χ0n) is 13.2. The predicted octanol–water partition coefficient (Wildman–Crippen LogP) is 3.48. The van der Waals surface area contributed by atoms with Gasteiger partial charge in [-0.25, -0.2) is 0 Å². The molecule has 1 aromatic rings. The number of hydrogen-bond acceptors (Lipinski definition) is 3. The summed E-state index contributed by atoms with van der Waals surface area (Å²) in [7, 11) is 0. The second kappa shape index (κ2) is 7.73. The van der Waals surface area contributed by atoms with E-state index in [-0.39, 0.29) is 11.6 Å². The number of rotatable bonds is 5. The molecule has 118 valence electrons. The first-order valence-corrected chi connectivity index (χ1v) is 8.79. The largest absolute Gasteiger partial charge is 0.297 e. The zero-order chi connectivity index (χ0) is 15.3. The topological polar surface area (TPSA) is 41.3 Å². The highest BCUT2D eigenvalue weighted by molar-refractivity contribution is 9.10. The van der Waals surface area contributed by atoms with Gasteiger partial charge in [0.1, 0.15) is 0 Å². The van der Waals surface area contributed by atoms with Crippen molar-refractivity contribution in [2.24, 2.45) is 5.84 Å². The molecule has 3 N–H and O–H groups in total. The van der Waals surface area contributed by atoms with E-state index in [9.17, 15) is 0 Å². The highest BCUT2D eigenvalue weighted by Crippen LogP contribution is 2.25. The molecule has 1 unspecified atom stereocenters. The van der Waals surface area contributed by atoms with Gasteiger partial charge in [-0.3, -0.25) is 16.2 Å². The molecule has 2 rings (SSSR count). The average molecular weight is 354 g/mol. The first-order chi connectivity index (χ1) is 10.0. The summed E-state index contributed by atoms with van der Waals surface area (Å²) in [6.45, 7) is 7.01. The van der Waals surface area contributed by atoms with Crippen LogP contribution >= 0.6 is 15.9 Å². The summed E-state index contributed by atoms with van der Waals surface area (Å²) in [4.78, 5) is 2.61. The second-order valence-corrected chi connectivity index (χ2v) is 7.52. The third-order valence-electron chi connectivity index (χ3n) is 4.83. The SMILES string of the molecule is CC(C)(C(Cc1ccc(Br)cc1)NN)N1CCCCCC1. The quantitative estimate of drug-likeness (QED) is 0.628. The zero-order valence-corrected chi connectivity index (χ0v) is 14.8. The van der Waals surface area contributed by atoms with Gasteiger partial charge in [-0.1, -0.05) is 40.9 Å². The fourth-order valence-corrected chi connectivity index (χ4v) is 3.50. The van der Waals surface area contributed by atoms with Crippen LogP contribution in [0.5, 0.6) is 0 Å². The number of nitrogens with zero attached hydrogens (tertiary/aromatic N) is 1. The Morgan fingerprint density at radius 2 is 1.71 bits per heavy atom. The molecule has 0 bridgehead atoms. The molecule has 1 heterocycles. The van der Waals surface area contributed by atoms with Crippen molar-refractivity contribution in [1.29, 1.82) is 0 Å². The van der Waals surface area contributed by atoms with Gasteiger partial charge in [0, 0.05) is 16.1 Å². The predicted molar refractivity (Wildman–Crippen MR) is 93.1 cm³/mol. The van der Waals surface area contributed by atoms with Crippen molar-refractivity contribution in [3.8, 4) is 0 Å². The molecule has 1 aliphatic rings. The smallest absolute Gasteiger partial charge is 0.0429 e. The Balaban J connectivity index is 2.08. The Hall–Kier alpha value is -0.420. The van der Waals surface area contributed by atoms with E-state index in [0.717, 1.165) is 10.9 Å². The molecule has 1 fully saturated rings. The van der Waals surface area contributed by atoms with Crippen molar-refractivity contribution < 1.29 is 0 Å². The second-order valence-electron chi connectivity index (χ2n) is 6.60. The third kappa shape index (κ3) is 4.52. The molecule has 1 atom stereocenters. The van der Waals surface area contributed by atoms with E-state index >= 15 is 0 Å². The van der Waals surface area contributed by atoms with Crippen LogP contribution in [0.2, 0.25) is 0 Å². The number of nitrogens with two attached hydrogens (primary N) is 1. The van der Waals surface area contributed by atoms with E-state index in [1.807, 2.05) is 0 Å². The van der Waals surface area contributed by atoms with Crippen LogP contribution in [0.4, 0.5) is 0 Å². The standard InChI is InChI=1S/C17H28BrN3/c1-17(2,21-11-5-3-4-6-12-21)16(20-19)13-14-7-9-15(18)10-8-14/h7-10,16,20H,3-6,11-13,19H2,1-2H3. The molecule has 4 heteroatoms. The van der Waals surface area contributed by atoms with E-state index < -0.39 is 0 Å². The Kier molecular flexibility index (Phi) is 6.23. The molecule has 0 spiro atoms. The summed E-state index contributed by atoms with van der Waals surface area (Å²) in [5.74, 6) is 5.90. The number of benzene rings is 1. The summed E-state index contributed by atoms with van der Waals surface area (Å²) < 4.78 is 1.12. The number of hydrazine groups is 1. The molecule has 0 amide bonds. The lowest BCUT2D eigenvalue weighted by Gasteiger charge is -2.43. The van der Waals surface area contributed by atoms with E-state index in [0.29, 0.717) is 0 Å². The molecule has 1 saturated heterocycles. The monoisotopic (exact) mass is 353 g/mol. The first-order valence-electron chi connectivity index (χ1n) is 7.99. The van der Waals surface area contributed by atoms with E-state index in [2.05, 4.69) is 64.4 Å². The third-order valence-corrected chi connectivity index (χ3v) is 5.36. The molecule has 3 nitrogen and oxygen atoms in total. The van der Waals surface area contributed by atoms with Gasteiger partial charge in [-0.15, -0.1) is 0 Å². The average Bonchev–Trinajstić information content (AvgIpc) is 2.76. The summed E-state index contributed by atoms with van der Waals surface area (Å²) in [6, 6.07) is 8.79. The highest BCUT2D eigenvalue weighted by atomic mass is 79.9. The van der Waals surface area contributed by atoms with Gasteiger partial charge in [-0.05, 0) is 63.9 Å². The molecule has 21 heavy (non-hydrogen) atoms. The molecule has 0 radical (unpaired) electrons. The minimum atomic E-state index is 0.0617. The molecule has 1 aromatic carbocycles. The van der Waals surface area contributed by atoms with Crippen LogP contribution in [0.1, 0.15) is 45.1 Å². The van der Waals surface area contributed by atoms with Gasteiger partial charge in [0.05, 0.1) is 0 Å². The van der Waals surface area contributed by atoms with Crippen LogP contribution in [-0.4, -0.2) is 29.6 Å². The van der Waals surface area contributed by atoms with Crippen LogP contribution in [0.15, 0.2) is 28.7 Å². The molecule has 1 aliphatic heterocycles. The fourth-order valence-electron chi connectivity index (χ4n) is 3.24. The van der Waals surface area contributed by atoms with Gasteiger partial charge in [0.25, 0.3) is 0 Å². The normalized spacial score (nSPS) is 19.2. The number of hydrogen-bond donors (Lipinski definition) is 2. The number of nitrogens with one attached hydrogen (secondary N) is 1. The van der Waals surface area contributed by atoms with Crippen molar-refractivity contribution in [3.63, 3.8) is 0 Å². The van der Waals surface area contributed by atoms with Crippen LogP contribution in [0.3, 0.4) is 0 Å². The van der Waals surface area contributed by atoms with Gasteiger partial charge >= 0.3 is 0 Å². The Labute approximate surface area is 137 Å². The number of halogens is 1. The summed E-state index contributed by atoms with van der Waals surface area (Å²) in [5.41, 5.74) is 4.45. The lowest BCUT2D eigenvalue weighted by Crippen LogP contribution is -2.60. The lowest BCUT2D eigenvalue weighted by molar-refractivity contribution is 0.0835. The van der Waals surface area contributed by atoms with E-state index in [4.69, 9.17) is 5.84 Å². The fraction of sp³-hybridized carbons (Fsp3) is 0.647. The van der Waals surface area contributed by atoms with Crippen LogP contribution in [0, 0.1) is 0 Å². The molecule has 0 aromatic heterocycles. The van der Waals surface area contributed by atoms with Crippen LogP contribution in [-0.2, 0) is 6.42 Å².